The Balaban J connectivity index is 1.87. The van der Waals surface area contributed by atoms with Gasteiger partial charge in [0.15, 0.2) is 0 Å². The molecule has 2 fully saturated rings. The zero-order valence-electron chi connectivity index (χ0n) is 13.2. The molecule has 0 spiro atoms. The summed E-state index contributed by atoms with van der Waals surface area (Å²) in [6.45, 7) is 8.44. The highest BCUT2D eigenvalue weighted by Gasteiger charge is 2.36. The van der Waals surface area contributed by atoms with Crippen molar-refractivity contribution >= 4 is 12.1 Å². The summed E-state index contributed by atoms with van der Waals surface area (Å²) in [4.78, 5) is 27.2. The largest absolute Gasteiger partial charge is 0.481 e. The summed E-state index contributed by atoms with van der Waals surface area (Å²) in [6.07, 6.45) is 2.30. The van der Waals surface area contributed by atoms with E-state index in [1.807, 2.05) is 20.8 Å². The van der Waals surface area contributed by atoms with Gasteiger partial charge in [0.1, 0.15) is 5.60 Å². The van der Waals surface area contributed by atoms with Crippen molar-refractivity contribution in [1.29, 1.82) is 0 Å². The molecule has 6 nitrogen and oxygen atoms in total. The van der Waals surface area contributed by atoms with Gasteiger partial charge < -0.3 is 14.7 Å². The molecule has 0 aliphatic carbocycles. The molecule has 2 heterocycles. The smallest absolute Gasteiger partial charge is 0.410 e. The lowest BCUT2D eigenvalue weighted by molar-refractivity contribution is -0.143. The number of carbonyl (C=O) groups is 2. The van der Waals surface area contributed by atoms with Crippen molar-refractivity contribution < 1.29 is 19.4 Å². The van der Waals surface area contributed by atoms with E-state index in [1.54, 1.807) is 4.90 Å². The second-order valence-electron chi connectivity index (χ2n) is 7.04. The Morgan fingerprint density at radius 2 is 1.86 bits per heavy atom. The van der Waals surface area contributed by atoms with Crippen LogP contribution in [0.25, 0.3) is 0 Å². The molecule has 2 aliphatic rings. The number of piperidine rings is 1. The second kappa shape index (κ2) is 6.22. The highest BCUT2D eigenvalue weighted by atomic mass is 16.6. The van der Waals surface area contributed by atoms with Gasteiger partial charge >= 0.3 is 12.1 Å². The fourth-order valence-electron chi connectivity index (χ4n) is 3.07. The van der Waals surface area contributed by atoms with Crippen LogP contribution in [0.5, 0.6) is 0 Å². The number of aliphatic carboxylic acids is 1. The van der Waals surface area contributed by atoms with E-state index in [0.717, 1.165) is 25.8 Å². The van der Waals surface area contributed by atoms with Gasteiger partial charge in [-0.05, 0) is 46.6 Å². The molecule has 0 aromatic carbocycles. The number of nitrogens with zero attached hydrogens (tertiary/aromatic N) is 2. The molecule has 2 rings (SSSR count). The van der Waals surface area contributed by atoms with Crippen LogP contribution in [0.2, 0.25) is 0 Å². The van der Waals surface area contributed by atoms with Crippen molar-refractivity contribution in [3.05, 3.63) is 0 Å². The van der Waals surface area contributed by atoms with Gasteiger partial charge in [0.25, 0.3) is 0 Å². The van der Waals surface area contributed by atoms with Crippen LogP contribution in [0, 0.1) is 5.92 Å². The van der Waals surface area contributed by atoms with Crippen LogP contribution in [0.3, 0.4) is 0 Å². The van der Waals surface area contributed by atoms with Gasteiger partial charge in [-0.25, -0.2) is 4.79 Å². The third-order valence-corrected chi connectivity index (χ3v) is 4.13. The minimum absolute atomic E-state index is 0.264. The van der Waals surface area contributed by atoms with Crippen LogP contribution >= 0.6 is 0 Å². The maximum Gasteiger partial charge on any atom is 0.410 e. The summed E-state index contributed by atoms with van der Waals surface area (Å²) in [5.74, 6) is -0.976. The topological polar surface area (TPSA) is 70.1 Å². The predicted molar refractivity (Wildman–Crippen MR) is 78.1 cm³/mol. The quantitative estimate of drug-likeness (QED) is 0.841. The van der Waals surface area contributed by atoms with Crippen molar-refractivity contribution in [2.45, 2.75) is 51.7 Å². The average Bonchev–Trinajstić information content (AvgIpc) is 2.86. The van der Waals surface area contributed by atoms with E-state index < -0.39 is 11.6 Å². The van der Waals surface area contributed by atoms with Crippen LogP contribution < -0.4 is 0 Å². The summed E-state index contributed by atoms with van der Waals surface area (Å²) in [5.41, 5.74) is -0.477. The van der Waals surface area contributed by atoms with Gasteiger partial charge in [0.05, 0.1) is 5.92 Å². The molecule has 0 saturated carbocycles. The summed E-state index contributed by atoms with van der Waals surface area (Å²) >= 11 is 0. The SMILES string of the molecule is CC(C)(C)OC(=O)N1CC[C@H](N2CCC[C@H](C(=O)O)C2)C1. The minimum atomic E-state index is -0.707. The van der Waals surface area contributed by atoms with Crippen LogP contribution in [0.1, 0.15) is 40.0 Å². The monoisotopic (exact) mass is 298 g/mol. The Morgan fingerprint density at radius 1 is 1.14 bits per heavy atom. The summed E-state index contributed by atoms with van der Waals surface area (Å²) in [6, 6.07) is 0.264. The van der Waals surface area contributed by atoms with Crippen molar-refractivity contribution in [1.82, 2.24) is 9.80 Å². The first kappa shape index (κ1) is 16.1. The molecule has 2 aliphatic heterocycles. The number of carbonyl (C=O) groups excluding carboxylic acids is 1. The van der Waals surface area contributed by atoms with Crippen molar-refractivity contribution in [2.24, 2.45) is 5.92 Å². The van der Waals surface area contributed by atoms with Gasteiger partial charge in [-0.1, -0.05) is 0 Å². The normalized spacial score (nSPS) is 27.7. The Bertz CT molecular complexity index is 405. The zero-order valence-corrected chi connectivity index (χ0v) is 13.2. The molecular formula is C15H26N2O4. The van der Waals surface area contributed by atoms with E-state index in [1.165, 1.54) is 0 Å². The number of hydrogen-bond donors (Lipinski definition) is 1. The van der Waals surface area contributed by atoms with Gasteiger partial charge in [-0.2, -0.15) is 0 Å². The molecule has 1 N–H and O–H groups in total. The van der Waals surface area contributed by atoms with Crippen LogP contribution in [0.4, 0.5) is 4.79 Å². The second-order valence-corrected chi connectivity index (χ2v) is 7.04. The Kier molecular flexibility index (Phi) is 4.76. The van der Waals surface area contributed by atoms with E-state index in [-0.39, 0.29) is 18.1 Å². The molecule has 120 valence electrons. The van der Waals surface area contributed by atoms with Crippen molar-refractivity contribution in [3.63, 3.8) is 0 Å². The maximum absolute atomic E-state index is 12.1. The molecule has 2 saturated heterocycles. The van der Waals surface area contributed by atoms with Gasteiger partial charge in [0.2, 0.25) is 0 Å². The fourth-order valence-corrected chi connectivity index (χ4v) is 3.07. The molecule has 0 aromatic rings. The number of ether oxygens (including phenoxy) is 1. The summed E-state index contributed by atoms with van der Waals surface area (Å²) in [7, 11) is 0. The van der Waals surface area contributed by atoms with Gasteiger partial charge in [-0.15, -0.1) is 0 Å². The fraction of sp³-hybridized carbons (Fsp3) is 0.867. The first-order valence-corrected chi connectivity index (χ1v) is 7.71. The van der Waals surface area contributed by atoms with E-state index in [9.17, 15) is 9.59 Å². The molecule has 0 radical (unpaired) electrons. The predicted octanol–water partition coefficient (Wildman–Crippen LogP) is 1.79. The molecule has 0 bridgehead atoms. The summed E-state index contributed by atoms with van der Waals surface area (Å²) in [5, 5.41) is 9.16. The average molecular weight is 298 g/mol. The molecule has 21 heavy (non-hydrogen) atoms. The first-order chi connectivity index (χ1) is 9.76. The first-order valence-electron chi connectivity index (χ1n) is 7.71. The molecule has 6 heteroatoms. The number of amides is 1. The van der Waals surface area contributed by atoms with E-state index in [4.69, 9.17) is 9.84 Å². The van der Waals surface area contributed by atoms with Crippen molar-refractivity contribution in [2.75, 3.05) is 26.2 Å². The van der Waals surface area contributed by atoms with Crippen LogP contribution in [-0.2, 0) is 9.53 Å². The number of likely N-dealkylation sites (tertiary alicyclic amines) is 2. The zero-order chi connectivity index (χ0) is 15.6. The molecule has 0 unspecified atom stereocenters. The van der Waals surface area contributed by atoms with Crippen LogP contribution in [-0.4, -0.2) is 64.8 Å². The lowest BCUT2D eigenvalue weighted by atomic mass is 9.97. The molecular weight excluding hydrogens is 272 g/mol. The van der Waals surface area contributed by atoms with E-state index in [0.29, 0.717) is 19.6 Å². The minimum Gasteiger partial charge on any atom is -0.481 e. The Morgan fingerprint density at radius 3 is 2.48 bits per heavy atom. The lowest BCUT2D eigenvalue weighted by Gasteiger charge is -2.35. The maximum atomic E-state index is 12.1. The standard InChI is InChI=1S/C15H26N2O4/c1-15(2,3)21-14(20)17-8-6-12(10-17)16-7-4-5-11(9-16)13(18)19/h11-12H,4-10H2,1-3H3,(H,18,19)/t11-,12-/m0/s1. The summed E-state index contributed by atoms with van der Waals surface area (Å²) < 4.78 is 5.39. The molecule has 1 amide bonds. The van der Waals surface area contributed by atoms with Crippen molar-refractivity contribution in [3.8, 4) is 0 Å². The number of hydrogen-bond acceptors (Lipinski definition) is 4. The van der Waals surface area contributed by atoms with Gasteiger partial charge in [-0.3, -0.25) is 9.69 Å². The number of carboxylic acid groups (broad SMARTS) is 1. The number of rotatable bonds is 2. The van der Waals surface area contributed by atoms with E-state index in [2.05, 4.69) is 4.90 Å². The molecule has 0 aromatic heterocycles. The third kappa shape index (κ3) is 4.33. The highest BCUT2D eigenvalue weighted by molar-refractivity contribution is 5.70. The highest BCUT2D eigenvalue weighted by Crippen LogP contribution is 2.24. The van der Waals surface area contributed by atoms with E-state index >= 15 is 0 Å². The van der Waals surface area contributed by atoms with Gasteiger partial charge in [0, 0.05) is 25.7 Å². The Hall–Kier alpha value is -1.30. The molecule has 2 atom stereocenters. The lowest BCUT2D eigenvalue weighted by Crippen LogP contribution is -2.46. The number of carboxylic acids is 1. The Labute approximate surface area is 126 Å². The van der Waals surface area contributed by atoms with Crippen LogP contribution in [0.15, 0.2) is 0 Å². The third-order valence-electron chi connectivity index (χ3n) is 4.13.